The molecule has 0 atom stereocenters. The van der Waals surface area contributed by atoms with E-state index in [2.05, 4.69) is 25.3 Å². The predicted octanol–water partition coefficient (Wildman–Crippen LogP) is 3.56. The standard InChI is InChI=1S/C26H32N6O3/c33-24(28-18-26(9-2-1-3-10-26)31-12-15-34-16-13-31)20-17-29-32(23(20)19-6-7-19)25-27-11-8-21(30-25)22-5-4-14-35-22/h4-5,8,11,14,17,19H,1-3,6-7,9-10,12-13,15-16,18H2,(H,28,33). The Balaban J connectivity index is 1.24. The van der Waals surface area contributed by atoms with Crippen molar-refractivity contribution in [3.05, 3.63) is 48.1 Å². The van der Waals surface area contributed by atoms with Crippen LogP contribution < -0.4 is 5.32 Å². The van der Waals surface area contributed by atoms with Gasteiger partial charge in [-0.05, 0) is 43.9 Å². The SMILES string of the molecule is O=C(NCC1(N2CCOCC2)CCCCC1)c1cnn(-c2nccc(-c3ccco3)n2)c1C1CC1. The lowest BCUT2D eigenvalue weighted by molar-refractivity contribution is -0.0361. The quantitative estimate of drug-likeness (QED) is 0.557. The van der Waals surface area contributed by atoms with E-state index in [9.17, 15) is 4.79 Å². The van der Waals surface area contributed by atoms with Crippen LogP contribution in [0.1, 0.15) is 66.9 Å². The lowest BCUT2D eigenvalue weighted by Crippen LogP contribution is -2.59. The second kappa shape index (κ2) is 9.54. The van der Waals surface area contributed by atoms with Crippen molar-refractivity contribution in [1.82, 2.24) is 30.0 Å². The van der Waals surface area contributed by atoms with Gasteiger partial charge in [0.1, 0.15) is 5.69 Å². The summed E-state index contributed by atoms with van der Waals surface area (Å²) in [5, 5.41) is 7.86. The number of carbonyl (C=O) groups excluding carboxylic acids is 1. The van der Waals surface area contributed by atoms with Crippen molar-refractivity contribution in [3.8, 4) is 17.4 Å². The van der Waals surface area contributed by atoms with Crippen LogP contribution in [0.5, 0.6) is 0 Å². The summed E-state index contributed by atoms with van der Waals surface area (Å²) in [6.07, 6.45) is 13.0. The molecule has 0 unspecified atom stereocenters. The van der Waals surface area contributed by atoms with E-state index < -0.39 is 0 Å². The summed E-state index contributed by atoms with van der Waals surface area (Å²) < 4.78 is 12.8. The molecule has 2 saturated carbocycles. The fourth-order valence-electron chi connectivity index (χ4n) is 5.65. The van der Waals surface area contributed by atoms with Gasteiger partial charge in [-0.25, -0.2) is 14.6 Å². The molecule has 1 N–H and O–H groups in total. The summed E-state index contributed by atoms with van der Waals surface area (Å²) in [6, 6.07) is 5.51. The van der Waals surface area contributed by atoms with Gasteiger partial charge in [-0.15, -0.1) is 0 Å². The molecule has 9 heteroatoms. The molecule has 3 aromatic rings. The molecule has 3 aliphatic rings. The summed E-state index contributed by atoms with van der Waals surface area (Å²) in [5.41, 5.74) is 2.25. The Morgan fingerprint density at radius 3 is 2.71 bits per heavy atom. The second-order valence-electron chi connectivity index (χ2n) is 9.92. The fourth-order valence-corrected chi connectivity index (χ4v) is 5.65. The van der Waals surface area contributed by atoms with Crippen molar-refractivity contribution in [3.63, 3.8) is 0 Å². The van der Waals surface area contributed by atoms with Gasteiger partial charge >= 0.3 is 0 Å². The Labute approximate surface area is 204 Å². The highest BCUT2D eigenvalue weighted by Crippen LogP contribution is 2.42. The molecule has 1 amide bonds. The molecule has 35 heavy (non-hydrogen) atoms. The van der Waals surface area contributed by atoms with Gasteiger partial charge < -0.3 is 14.5 Å². The molecule has 0 radical (unpaired) electrons. The van der Waals surface area contributed by atoms with Crippen molar-refractivity contribution >= 4 is 5.91 Å². The summed E-state index contributed by atoms with van der Waals surface area (Å²) in [7, 11) is 0. The van der Waals surface area contributed by atoms with Crippen molar-refractivity contribution in [2.45, 2.75) is 56.4 Å². The van der Waals surface area contributed by atoms with Gasteiger partial charge in [0, 0.05) is 37.3 Å². The number of hydrogen-bond acceptors (Lipinski definition) is 7. The largest absolute Gasteiger partial charge is 0.463 e. The second-order valence-corrected chi connectivity index (χ2v) is 9.92. The van der Waals surface area contributed by atoms with E-state index in [0.29, 0.717) is 35.4 Å². The number of nitrogens with zero attached hydrogens (tertiary/aromatic N) is 5. The van der Waals surface area contributed by atoms with Crippen LogP contribution in [-0.2, 0) is 4.74 Å². The van der Waals surface area contributed by atoms with Crippen molar-refractivity contribution < 1.29 is 13.9 Å². The molecule has 0 aromatic carbocycles. The number of amides is 1. The predicted molar refractivity (Wildman–Crippen MR) is 129 cm³/mol. The van der Waals surface area contributed by atoms with E-state index in [4.69, 9.17) is 9.15 Å². The third-order valence-corrected chi connectivity index (χ3v) is 7.67. The third kappa shape index (κ3) is 4.50. The summed E-state index contributed by atoms with van der Waals surface area (Å²) in [6.45, 7) is 4.07. The van der Waals surface area contributed by atoms with Crippen LogP contribution in [0.4, 0.5) is 0 Å². The molecule has 4 heterocycles. The first-order valence-corrected chi connectivity index (χ1v) is 12.8. The van der Waals surface area contributed by atoms with E-state index in [0.717, 1.165) is 57.7 Å². The van der Waals surface area contributed by atoms with Crippen molar-refractivity contribution in [1.29, 1.82) is 0 Å². The molecule has 9 nitrogen and oxygen atoms in total. The van der Waals surface area contributed by atoms with E-state index in [1.54, 1.807) is 23.3 Å². The molecule has 0 spiro atoms. The smallest absolute Gasteiger partial charge is 0.254 e. The average Bonchev–Trinajstić information content (AvgIpc) is 3.41. The monoisotopic (exact) mass is 476 g/mol. The molecule has 3 aromatic heterocycles. The zero-order valence-corrected chi connectivity index (χ0v) is 20.0. The first kappa shape index (κ1) is 22.4. The number of furan rings is 1. The van der Waals surface area contributed by atoms with E-state index in [1.165, 1.54) is 19.3 Å². The van der Waals surface area contributed by atoms with Gasteiger partial charge in [-0.3, -0.25) is 9.69 Å². The first-order valence-electron chi connectivity index (χ1n) is 12.8. The number of aromatic nitrogens is 4. The number of hydrogen-bond donors (Lipinski definition) is 1. The minimum Gasteiger partial charge on any atom is -0.463 e. The van der Waals surface area contributed by atoms with Crippen molar-refractivity contribution in [2.24, 2.45) is 0 Å². The lowest BCUT2D eigenvalue weighted by atomic mass is 9.79. The first-order chi connectivity index (χ1) is 17.2. The highest BCUT2D eigenvalue weighted by atomic mass is 16.5. The van der Waals surface area contributed by atoms with E-state index in [1.807, 2.05) is 18.2 Å². The van der Waals surface area contributed by atoms with Crippen LogP contribution in [0.2, 0.25) is 0 Å². The number of morpholine rings is 1. The Morgan fingerprint density at radius 2 is 1.97 bits per heavy atom. The maximum Gasteiger partial charge on any atom is 0.254 e. The van der Waals surface area contributed by atoms with Gasteiger partial charge in [-0.1, -0.05) is 19.3 Å². The van der Waals surface area contributed by atoms with Gasteiger partial charge in [0.25, 0.3) is 11.9 Å². The normalized spacial score (nSPS) is 20.6. The summed E-state index contributed by atoms with van der Waals surface area (Å²) in [5.74, 6) is 1.38. The topological polar surface area (TPSA) is 98.3 Å². The fraction of sp³-hybridized carbons (Fsp3) is 0.538. The average molecular weight is 477 g/mol. The van der Waals surface area contributed by atoms with Crippen LogP contribution in [-0.4, -0.2) is 68.9 Å². The molecule has 3 fully saturated rings. The maximum absolute atomic E-state index is 13.5. The van der Waals surface area contributed by atoms with Crippen LogP contribution in [0.3, 0.4) is 0 Å². The lowest BCUT2D eigenvalue weighted by Gasteiger charge is -2.48. The number of nitrogens with one attached hydrogen (secondary N) is 1. The van der Waals surface area contributed by atoms with Gasteiger partial charge in [-0.2, -0.15) is 5.10 Å². The van der Waals surface area contributed by atoms with Crippen molar-refractivity contribution in [2.75, 3.05) is 32.8 Å². The zero-order chi connectivity index (χ0) is 23.7. The molecule has 1 saturated heterocycles. The number of ether oxygens (including phenoxy) is 1. The molecule has 0 bridgehead atoms. The van der Waals surface area contributed by atoms with E-state index >= 15 is 0 Å². The van der Waals surface area contributed by atoms with Crippen LogP contribution in [0.15, 0.2) is 41.3 Å². The van der Waals surface area contributed by atoms with E-state index in [-0.39, 0.29) is 11.4 Å². The van der Waals surface area contributed by atoms with Gasteiger partial charge in [0.05, 0.1) is 36.9 Å². The van der Waals surface area contributed by atoms with Gasteiger partial charge in [0.2, 0.25) is 0 Å². The highest BCUT2D eigenvalue weighted by Gasteiger charge is 2.40. The van der Waals surface area contributed by atoms with Crippen LogP contribution in [0.25, 0.3) is 17.4 Å². The molecular formula is C26H32N6O3. The number of rotatable bonds is 7. The Morgan fingerprint density at radius 1 is 1.14 bits per heavy atom. The highest BCUT2D eigenvalue weighted by molar-refractivity contribution is 5.95. The number of carbonyl (C=O) groups is 1. The third-order valence-electron chi connectivity index (χ3n) is 7.67. The zero-order valence-electron chi connectivity index (χ0n) is 20.0. The Hall–Kier alpha value is -3.04. The molecular weight excluding hydrogens is 444 g/mol. The Bertz CT molecular complexity index is 1160. The van der Waals surface area contributed by atoms with Gasteiger partial charge in [0.15, 0.2) is 5.76 Å². The van der Waals surface area contributed by atoms with Crippen LogP contribution >= 0.6 is 0 Å². The summed E-state index contributed by atoms with van der Waals surface area (Å²) >= 11 is 0. The maximum atomic E-state index is 13.5. The summed E-state index contributed by atoms with van der Waals surface area (Å²) in [4.78, 5) is 25.2. The minimum absolute atomic E-state index is 0.0217. The molecule has 6 rings (SSSR count). The molecule has 184 valence electrons. The van der Waals surface area contributed by atoms with Crippen LogP contribution in [0, 0.1) is 0 Å². The Kier molecular flexibility index (Phi) is 6.12. The molecule has 1 aliphatic heterocycles. The molecule has 2 aliphatic carbocycles. The minimum atomic E-state index is -0.0569.